The SMILES string of the molecule is CC/C=C\C/C=C\C/C=C\C/C=C\CCCCCCCCCCCCCCCCCCCCCCCCC(=O)NC(COC1OC(CO)C(OC2OC(CO)C(OC3OC(CO)C(O)C(O)C3O)C(O)C2O)C(O)C1O)C(O)/C=C/CCCCCCCCCCCCCCCCCCCCCCCCCCCCCCC. The first-order chi connectivity index (χ1) is 54.3. The van der Waals surface area contributed by atoms with E-state index in [0.717, 1.165) is 70.6 Å². The van der Waals surface area contributed by atoms with Crippen LogP contribution in [0, 0.1) is 0 Å². The Morgan fingerprint density at radius 2 is 0.622 bits per heavy atom. The number of rotatable bonds is 75. The predicted molar refractivity (Wildman–Crippen MR) is 448 cm³/mol. The Kier molecular flexibility index (Phi) is 66.2. The molecule has 3 heterocycles. The third-order valence-electron chi connectivity index (χ3n) is 22.8. The van der Waals surface area contributed by atoms with Gasteiger partial charge in [-0.3, -0.25) is 4.79 Å². The Hall–Kier alpha value is -2.51. The van der Waals surface area contributed by atoms with Gasteiger partial charge in [0.15, 0.2) is 18.9 Å². The van der Waals surface area contributed by atoms with Crippen molar-refractivity contribution in [3.63, 3.8) is 0 Å². The summed E-state index contributed by atoms with van der Waals surface area (Å²) in [4.78, 5) is 13.5. The molecule has 3 saturated heterocycles. The van der Waals surface area contributed by atoms with Gasteiger partial charge in [-0.1, -0.05) is 383 Å². The number of aliphatic hydroxyl groups excluding tert-OH is 11. The molecule has 0 aliphatic carbocycles. The van der Waals surface area contributed by atoms with E-state index in [-0.39, 0.29) is 18.9 Å². The highest BCUT2D eigenvalue weighted by atomic mass is 16.8. The van der Waals surface area contributed by atoms with Crippen LogP contribution in [0.5, 0.6) is 0 Å². The van der Waals surface area contributed by atoms with Gasteiger partial charge < -0.3 is 89.9 Å². The third-order valence-corrected chi connectivity index (χ3v) is 22.8. The molecular weight excluding hydrogens is 1410 g/mol. The Labute approximate surface area is 675 Å². The summed E-state index contributed by atoms with van der Waals surface area (Å²) in [5, 5.41) is 121. The zero-order valence-electron chi connectivity index (χ0n) is 70.2. The Balaban J connectivity index is 1.32. The first kappa shape index (κ1) is 103. The quantitative estimate of drug-likeness (QED) is 0.0199. The minimum atomic E-state index is -1.98. The first-order valence-electron chi connectivity index (χ1n) is 46.0. The van der Waals surface area contributed by atoms with Crippen LogP contribution in [0.4, 0.5) is 0 Å². The molecule has 650 valence electrons. The van der Waals surface area contributed by atoms with E-state index in [1.807, 2.05) is 6.08 Å². The molecule has 0 aromatic rings. The summed E-state index contributed by atoms with van der Waals surface area (Å²) in [7, 11) is 0. The lowest BCUT2D eigenvalue weighted by molar-refractivity contribution is -0.379. The zero-order chi connectivity index (χ0) is 80.3. The minimum absolute atomic E-state index is 0.246. The van der Waals surface area contributed by atoms with Crippen molar-refractivity contribution in [2.45, 2.75) is 491 Å². The van der Waals surface area contributed by atoms with E-state index in [9.17, 15) is 61.0 Å². The summed E-state index contributed by atoms with van der Waals surface area (Å²) in [5.41, 5.74) is 0. The number of allylic oxidation sites excluding steroid dienone is 9. The van der Waals surface area contributed by atoms with E-state index >= 15 is 0 Å². The average Bonchev–Trinajstić information content (AvgIpc) is 0.780. The summed E-state index contributed by atoms with van der Waals surface area (Å²) >= 11 is 0. The second-order valence-corrected chi connectivity index (χ2v) is 32.7. The van der Waals surface area contributed by atoms with Crippen molar-refractivity contribution in [1.29, 1.82) is 0 Å². The number of hydrogen-bond donors (Lipinski definition) is 12. The maximum absolute atomic E-state index is 13.5. The van der Waals surface area contributed by atoms with Crippen LogP contribution in [0.25, 0.3) is 0 Å². The number of aliphatic hydroxyl groups is 11. The van der Waals surface area contributed by atoms with Gasteiger partial charge in [-0.15, -0.1) is 0 Å². The molecule has 111 heavy (non-hydrogen) atoms. The lowest BCUT2D eigenvalue weighted by Crippen LogP contribution is -2.66. The Morgan fingerprint density at radius 1 is 0.333 bits per heavy atom. The number of carbonyl (C=O) groups excluding carboxylic acids is 1. The lowest BCUT2D eigenvalue weighted by atomic mass is 9.96. The molecule has 0 saturated carbocycles. The van der Waals surface area contributed by atoms with Crippen molar-refractivity contribution >= 4 is 5.91 Å². The van der Waals surface area contributed by atoms with Crippen LogP contribution < -0.4 is 5.32 Å². The highest BCUT2D eigenvalue weighted by molar-refractivity contribution is 5.76. The fourth-order valence-electron chi connectivity index (χ4n) is 15.5. The third kappa shape index (κ3) is 50.1. The van der Waals surface area contributed by atoms with Crippen molar-refractivity contribution in [1.82, 2.24) is 5.32 Å². The maximum Gasteiger partial charge on any atom is 0.220 e. The van der Waals surface area contributed by atoms with Gasteiger partial charge in [0.25, 0.3) is 0 Å². The molecule has 0 aromatic carbocycles. The minimum Gasteiger partial charge on any atom is -0.394 e. The number of carbonyl (C=O) groups is 1. The average molecular weight is 1580 g/mol. The molecule has 0 aromatic heterocycles. The van der Waals surface area contributed by atoms with Crippen molar-refractivity contribution < 1.29 is 89.4 Å². The largest absolute Gasteiger partial charge is 0.394 e. The van der Waals surface area contributed by atoms with E-state index in [2.05, 4.69) is 67.8 Å². The topological polar surface area (TPSA) is 307 Å². The van der Waals surface area contributed by atoms with E-state index < -0.39 is 124 Å². The number of unbranched alkanes of at least 4 members (excludes halogenated alkanes) is 51. The molecule has 19 nitrogen and oxygen atoms in total. The Bertz CT molecular complexity index is 2230. The highest BCUT2D eigenvalue weighted by Crippen LogP contribution is 2.34. The van der Waals surface area contributed by atoms with Crippen LogP contribution in [0.2, 0.25) is 0 Å². The summed E-state index contributed by atoms with van der Waals surface area (Å²) < 4.78 is 34.6. The summed E-state index contributed by atoms with van der Waals surface area (Å²) in [5.74, 6) is -0.268. The van der Waals surface area contributed by atoms with Gasteiger partial charge in [0.05, 0.1) is 38.6 Å². The van der Waals surface area contributed by atoms with Crippen molar-refractivity contribution in [2.75, 3.05) is 26.4 Å². The van der Waals surface area contributed by atoms with Crippen LogP contribution in [-0.2, 0) is 33.2 Å². The molecule has 3 aliphatic heterocycles. The molecule has 1 amide bonds. The molecule has 19 heteroatoms. The van der Waals surface area contributed by atoms with Gasteiger partial charge in [0.2, 0.25) is 5.91 Å². The molecule has 3 fully saturated rings. The number of ether oxygens (including phenoxy) is 6. The molecule has 0 spiro atoms. The zero-order valence-corrected chi connectivity index (χ0v) is 70.2. The fraction of sp³-hybridized carbons (Fsp3) is 0.880. The predicted octanol–water partition coefficient (Wildman–Crippen LogP) is 17.7. The van der Waals surface area contributed by atoms with Gasteiger partial charge in [-0.05, 0) is 57.8 Å². The van der Waals surface area contributed by atoms with Crippen LogP contribution >= 0.6 is 0 Å². The van der Waals surface area contributed by atoms with Gasteiger partial charge in [0.1, 0.15) is 73.2 Å². The van der Waals surface area contributed by atoms with Crippen LogP contribution in [-0.4, -0.2) is 193 Å². The molecule has 3 rings (SSSR count). The fourth-order valence-corrected chi connectivity index (χ4v) is 15.5. The molecular formula is C92H169NO18. The molecule has 0 radical (unpaired) electrons. The summed E-state index contributed by atoms with van der Waals surface area (Å²) in [6.45, 7) is 1.69. The summed E-state index contributed by atoms with van der Waals surface area (Å²) in [6.07, 6.45) is 68.1. The number of hydrogen-bond acceptors (Lipinski definition) is 18. The van der Waals surface area contributed by atoms with Crippen molar-refractivity contribution in [3.8, 4) is 0 Å². The maximum atomic E-state index is 13.5. The van der Waals surface area contributed by atoms with Crippen molar-refractivity contribution in [3.05, 3.63) is 60.8 Å². The molecule has 0 bridgehead atoms. The normalized spacial score (nSPS) is 25.3. The van der Waals surface area contributed by atoms with Gasteiger partial charge >= 0.3 is 0 Å². The molecule has 17 atom stereocenters. The van der Waals surface area contributed by atoms with Gasteiger partial charge in [-0.25, -0.2) is 0 Å². The van der Waals surface area contributed by atoms with Crippen LogP contribution in [0.15, 0.2) is 60.8 Å². The van der Waals surface area contributed by atoms with E-state index in [0.29, 0.717) is 6.42 Å². The lowest BCUT2D eigenvalue weighted by Gasteiger charge is -2.48. The molecule has 12 N–H and O–H groups in total. The van der Waals surface area contributed by atoms with Crippen LogP contribution in [0.3, 0.4) is 0 Å². The van der Waals surface area contributed by atoms with Gasteiger partial charge in [0, 0.05) is 6.42 Å². The van der Waals surface area contributed by atoms with Gasteiger partial charge in [-0.2, -0.15) is 0 Å². The van der Waals surface area contributed by atoms with E-state index in [4.69, 9.17) is 28.4 Å². The summed E-state index contributed by atoms with van der Waals surface area (Å²) in [6, 6.07) is -0.975. The number of amides is 1. The number of nitrogens with one attached hydrogen (secondary N) is 1. The highest BCUT2D eigenvalue weighted by Gasteiger charge is 2.54. The second-order valence-electron chi connectivity index (χ2n) is 32.7. The van der Waals surface area contributed by atoms with E-state index in [1.54, 1.807) is 6.08 Å². The van der Waals surface area contributed by atoms with Crippen LogP contribution in [0.1, 0.15) is 386 Å². The first-order valence-corrected chi connectivity index (χ1v) is 46.0. The molecule has 3 aliphatic rings. The Morgan fingerprint density at radius 3 is 0.973 bits per heavy atom. The second kappa shape index (κ2) is 71.6. The van der Waals surface area contributed by atoms with Crippen molar-refractivity contribution in [2.24, 2.45) is 0 Å². The monoisotopic (exact) mass is 1580 g/mol. The smallest absolute Gasteiger partial charge is 0.220 e. The van der Waals surface area contributed by atoms with E-state index in [1.165, 1.54) is 289 Å². The molecule has 17 unspecified atom stereocenters. The standard InChI is InChI=1S/C92H169NO18/c1-3-5-7-9-11-13-15-17-19-21-23-25-27-29-31-33-35-36-37-38-40-42-44-46-48-50-52-54-56-58-60-62-64-66-68-70-80(98)93-75(76(97)69-67-65-63-61-59-57-55-53-51-49-47-45-43-41-39-34-32-30-28-26-24-22-20-18-16-14-12-10-8-6-4-2)74-106-90-86(104)83(101)88(78(72-95)108-90)111-92-87(105)84(102)89(79(73-96)109-92)110-91-85(103)82(100)81(99)77(71-94)107-91/h5,7,11,13,17,19,23,25,67,69,75-79,81-92,94-97,99-105H,3-4,6,8-10,12,14-16,18,20-22,24,26-66,68,70-74H2,1-2H3,(H,93,98)/b7-5-,13-11-,19-17-,25-23-,69-67+.